The Morgan fingerprint density at radius 1 is 1.17 bits per heavy atom. The molecule has 7 nitrogen and oxygen atoms in total. The summed E-state index contributed by atoms with van der Waals surface area (Å²) in [5.74, 6) is 1.11. The van der Waals surface area contributed by atoms with Crippen molar-refractivity contribution in [3.8, 4) is 0 Å². The van der Waals surface area contributed by atoms with Gasteiger partial charge in [0.1, 0.15) is 0 Å². The van der Waals surface area contributed by atoms with Crippen molar-refractivity contribution in [2.24, 2.45) is 4.99 Å². The van der Waals surface area contributed by atoms with Crippen molar-refractivity contribution in [3.05, 3.63) is 35.4 Å². The van der Waals surface area contributed by atoms with Gasteiger partial charge in [-0.15, -0.1) is 24.0 Å². The Balaban J connectivity index is 0.00000450. The van der Waals surface area contributed by atoms with Crippen LogP contribution in [0.4, 0.5) is 0 Å². The second-order valence-electron chi connectivity index (χ2n) is 7.18. The number of carbonyl (C=O) groups is 2. The first-order chi connectivity index (χ1) is 14.1. The highest BCUT2D eigenvalue weighted by Crippen LogP contribution is 2.15. The molecular weight excluding hydrogens is 493 g/mol. The highest BCUT2D eigenvalue weighted by atomic mass is 127. The number of nitrogens with zero attached hydrogens (tertiary/aromatic N) is 3. The van der Waals surface area contributed by atoms with E-state index in [1.54, 1.807) is 0 Å². The van der Waals surface area contributed by atoms with Crippen LogP contribution in [0.15, 0.2) is 29.3 Å². The molecule has 30 heavy (non-hydrogen) atoms. The van der Waals surface area contributed by atoms with E-state index >= 15 is 0 Å². The predicted molar refractivity (Wildman–Crippen MR) is 132 cm³/mol. The van der Waals surface area contributed by atoms with Crippen LogP contribution in [0.1, 0.15) is 51.2 Å². The molecule has 0 radical (unpaired) electrons. The average Bonchev–Trinajstić information content (AvgIpc) is 3.12. The molecule has 8 heteroatoms. The molecule has 168 valence electrons. The molecule has 1 fully saturated rings. The van der Waals surface area contributed by atoms with E-state index in [4.69, 9.17) is 0 Å². The third kappa shape index (κ3) is 8.49. The molecule has 1 heterocycles. The molecular formula is C22H36IN5O2. The number of aliphatic imine (C=N–C) groups is 1. The molecule has 1 aromatic carbocycles. The molecule has 0 aliphatic carbocycles. The van der Waals surface area contributed by atoms with Crippen LogP contribution in [0, 0.1) is 0 Å². The zero-order valence-electron chi connectivity index (χ0n) is 18.4. The number of benzene rings is 1. The highest BCUT2D eigenvalue weighted by molar-refractivity contribution is 14.0. The second kappa shape index (κ2) is 14.2. The third-order valence-electron chi connectivity index (χ3n) is 5.05. The molecule has 1 saturated heterocycles. The van der Waals surface area contributed by atoms with Gasteiger partial charge in [0.2, 0.25) is 11.8 Å². The van der Waals surface area contributed by atoms with Crippen LogP contribution in [-0.4, -0.2) is 60.3 Å². The molecule has 0 unspecified atom stereocenters. The average molecular weight is 529 g/mol. The monoisotopic (exact) mass is 529 g/mol. The van der Waals surface area contributed by atoms with Crippen LogP contribution < -0.4 is 10.6 Å². The smallest absolute Gasteiger partial charge is 0.224 e. The molecule has 1 aliphatic rings. The molecule has 1 aliphatic heterocycles. The second-order valence-corrected chi connectivity index (χ2v) is 7.18. The molecule has 0 bridgehead atoms. The molecule has 0 saturated carbocycles. The number of halogens is 1. The number of rotatable bonds is 10. The van der Waals surface area contributed by atoms with Crippen LogP contribution in [0.25, 0.3) is 0 Å². The van der Waals surface area contributed by atoms with E-state index in [9.17, 15) is 9.59 Å². The Morgan fingerprint density at radius 3 is 2.53 bits per heavy atom. The number of hydrogen-bond acceptors (Lipinski definition) is 3. The molecule has 0 spiro atoms. The van der Waals surface area contributed by atoms with Crippen LogP contribution in [0.5, 0.6) is 0 Å². The Morgan fingerprint density at radius 2 is 1.90 bits per heavy atom. The van der Waals surface area contributed by atoms with Gasteiger partial charge < -0.3 is 20.4 Å². The summed E-state index contributed by atoms with van der Waals surface area (Å²) in [4.78, 5) is 32.4. The third-order valence-corrected chi connectivity index (χ3v) is 5.05. The van der Waals surface area contributed by atoms with E-state index in [0.29, 0.717) is 38.4 Å². The minimum absolute atomic E-state index is 0. The zero-order chi connectivity index (χ0) is 21.1. The molecule has 1 aromatic rings. The lowest BCUT2D eigenvalue weighted by Gasteiger charge is -2.19. The largest absolute Gasteiger partial charge is 0.357 e. The maximum atomic E-state index is 12.1. The summed E-state index contributed by atoms with van der Waals surface area (Å²) in [6.45, 7) is 10.9. The lowest BCUT2D eigenvalue weighted by molar-refractivity contribution is -0.130. The van der Waals surface area contributed by atoms with E-state index in [1.165, 1.54) is 0 Å². The van der Waals surface area contributed by atoms with Gasteiger partial charge in [0, 0.05) is 52.1 Å². The van der Waals surface area contributed by atoms with E-state index in [0.717, 1.165) is 43.7 Å². The fourth-order valence-electron chi connectivity index (χ4n) is 3.45. The van der Waals surface area contributed by atoms with Gasteiger partial charge >= 0.3 is 0 Å². The van der Waals surface area contributed by atoms with Gasteiger partial charge in [0.25, 0.3) is 0 Å². The number of amides is 2. The minimum atomic E-state index is 0. The normalized spacial score (nSPS) is 13.8. The van der Waals surface area contributed by atoms with Crippen LogP contribution in [-0.2, 0) is 22.7 Å². The van der Waals surface area contributed by atoms with E-state index < -0.39 is 0 Å². The first-order valence-corrected chi connectivity index (χ1v) is 10.7. The van der Waals surface area contributed by atoms with Gasteiger partial charge in [-0.05, 0) is 38.3 Å². The summed E-state index contributed by atoms with van der Waals surface area (Å²) in [6.07, 6.45) is 2.07. The Hall–Kier alpha value is -1.84. The van der Waals surface area contributed by atoms with Crippen molar-refractivity contribution in [2.75, 3.05) is 32.7 Å². The van der Waals surface area contributed by atoms with Crippen molar-refractivity contribution < 1.29 is 9.59 Å². The summed E-state index contributed by atoms with van der Waals surface area (Å²) >= 11 is 0. The van der Waals surface area contributed by atoms with Gasteiger partial charge in [0.05, 0.1) is 6.54 Å². The van der Waals surface area contributed by atoms with Gasteiger partial charge in [-0.1, -0.05) is 24.3 Å². The molecule has 2 rings (SSSR count). The lowest BCUT2D eigenvalue weighted by Crippen LogP contribution is -2.40. The standard InChI is InChI=1S/C22H35N5O2.HI/c1-4-23-22(24-13-12-21(29)26(5-2)6-3)25-16-18-9-7-10-19(15-18)17-27-14-8-11-20(27)28;/h7,9-10,15H,4-6,8,11-14,16-17H2,1-3H3,(H2,23,24,25);1H. The quantitative estimate of drug-likeness (QED) is 0.278. The summed E-state index contributed by atoms with van der Waals surface area (Å²) in [5, 5.41) is 6.47. The summed E-state index contributed by atoms with van der Waals surface area (Å²) in [5.41, 5.74) is 2.24. The first-order valence-electron chi connectivity index (χ1n) is 10.7. The van der Waals surface area contributed by atoms with Crippen molar-refractivity contribution >= 4 is 41.8 Å². The van der Waals surface area contributed by atoms with Crippen molar-refractivity contribution in [3.63, 3.8) is 0 Å². The van der Waals surface area contributed by atoms with E-state index in [1.807, 2.05) is 42.7 Å². The van der Waals surface area contributed by atoms with E-state index in [2.05, 4.69) is 27.8 Å². The number of likely N-dealkylation sites (tertiary alicyclic amines) is 1. The summed E-state index contributed by atoms with van der Waals surface area (Å²) in [6, 6.07) is 8.24. The SMILES string of the molecule is CCNC(=NCc1cccc(CN2CCCC2=O)c1)NCCC(=O)N(CC)CC.I. The molecule has 0 atom stereocenters. The summed E-state index contributed by atoms with van der Waals surface area (Å²) in [7, 11) is 0. The van der Waals surface area contributed by atoms with E-state index in [-0.39, 0.29) is 35.8 Å². The number of nitrogens with one attached hydrogen (secondary N) is 2. The topological polar surface area (TPSA) is 77.0 Å². The van der Waals surface area contributed by atoms with Gasteiger partial charge in [-0.3, -0.25) is 9.59 Å². The number of hydrogen-bond donors (Lipinski definition) is 2. The fourth-order valence-corrected chi connectivity index (χ4v) is 3.45. The zero-order valence-corrected chi connectivity index (χ0v) is 20.8. The van der Waals surface area contributed by atoms with Crippen molar-refractivity contribution in [2.45, 2.75) is 53.1 Å². The van der Waals surface area contributed by atoms with Gasteiger partial charge in [-0.25, -0.2) is 4.99 Å². The van der Waals surface area contributed by atoms with Gasteiger partial charge in [-0.2, -0.15) is 0 Å². The molecule has 2 amide bonds. The molecule has 0 aromatic heterocycles. The minimum Gasteiger partial charge on any atom is -0.357 e. The maximum absolute atomic E-state index is 12.1. The number of carbonyl (C=O) groups excluding carboxylic acids is 2. The Kier molecular flexibility index (Phi) is 12.4. The number of guanidine groups is 1. The van der Waals surface area contributed by atoms with Crippen LogP contribution in [0.2, 0.25) is 0 Å². The summed E-state index contributed by atoms with van der Waals surface area (Å²) < 4.78 is 0. The lowest BCUT2D eigenvalue weighted by atomic mass is 10.1. The highest BCUT2D eigenvalue weighted by Gasteiger charge is 2.19. The van der Waals surface area contributed by atoms with Gasteiger partial charge in [0.15, 0.2) is 5.96 Å². The Bertz CT molecular complexity index is 707. The van der Waals surface area contributed by atoms with Crippen LogP contribution >= 0.6 is 24.0 Å². The van der Waals surface area contributed by atoms with Crippen LogP contribution in [0.3, 0.4) is 0 Å². The fraction of sp³-hybridized carbons (Fsp3) is 0.591. The predicted octanol–water partition coefficient (Wildman–Crippen LogP) is 2.74. The first kappa shape index (κ1) is 26.2. The maximum Gasteiger partial charge on any atom is 0.224 e. The van der Waals surface area contributed by atoms with Crippen molar-refractivity contribution in [1.82, 2.24) is 20.4 Å². The van der Waals surface area contributed by atoms with Crippen molar-refractivity contribution in [1.29, 1.82) is 0 Å². The Labute approximate surface area is 197 Å². The molecule has 2 N–H and O–H groups in total.